The highest BCUT2D eigenvalue weighted by molar-refractivity contribution is 9.10. The lowest BCUT2D eigenvalue weighted by atomic mass is 10.1. The van der Waals surface area contributed by atoms with Crippen molar-refractivity contribution in [2.45, 2.75) is 25.0 Å². The van der Waals surface area contributed by atoms with E-state index < -0.39 is 9.84 Å². The van der Waals surface area contributed by atoms with Crippen LogP contribution in [-0.2, 0) is 25.1 Å². The SMILES string of the molecule is COC(=O)CC1(CS(=O)(=O)Cc2sccc2Br)CC1. The first kappa shape index (κ1) is 15.0. The fourth-order valence-corrected chi connectivity index (χ4v) is 6.33. The molecule has 106 valence electrons. The molecular formula is C12H15BrO4S2. The molecule has 0 amide bonds. The van der Waals surface area contributed by atoms with Gasteiger partial charge in [0.1, 0.15) is 0 Å². The maximum atomic E-state index is 12.2. The second-order valence-corrected chi connectivity index (χ2v) is 8.90. The van der Waals surface area contributed by atoms with Gasteiger partial charge in [0, 0.05) is 9.35 Å². The zero-order valence-corrected chi connectivity index (χ0v) is 13.7. The summed E-state index contributed by atoms with van der Waals surface area (Å²) in [4.78, 5) is 12.1. The summed E-state index contributed by atoms with van der Waals surface area (Å²) in [5.74, 6) is -0.224. The lowest BCUT2D eigenvalue weighted by Crippen LogP contribution is -2.22. The summed E-state index contributed by atoms with van der Waals surface area (Å²) in [6, 6.07) is 1.84. The quantitative estimate of drug-likeness (QED) is 0.726. The number of rotatable bonds is 6. The van der Waals surface area contributed by atoms with Gasteiger partial charge in [0.05, 0.1) is 25.0 Å². The van der Waals surface area contributed by atoms with Crippen molar-refractivity contribution in [1.82, 2.24) is 0 Å². The van der Waals surface area contributed by atoms with Crippen LogP contribution in [0.15, 0.2) is 15.9 Å². The predicted octanol–water partition coefficient (Wildman–Crippen LogP) is 2.77. The van der Waals surface area contributed by atoms with E-state index in [9.17, 15) is 13.2 Å². The van der Waals surface area contributed by atoms with E-state index in [0.717, 1.165) is 22.2 Å². The number of sulfone groups is 1. The molecule has 0 aliphatic heterocycles. The molecule has 4 nitrogen and oxygen atoms in total. The third-order valence-corrected chi connectivity index (χ3v) is 7.16. The number of hydrogen-bond acceptors (Lipinski definition) is 5. The summed E-state index contributed by atoms with van der Waals surface area (Å²) in [5.41, 5.74) is -0.379. The molecule has 0 spiro atoms. The highest BCUT2D eigenvalue weighted by Gasteiger charge is 2.47. The molecule has 0 N–H and O–H groups in total. The van der Waals surface area contributed by atoms with Crippen molar-refractivity contribution >= 4 is 43.1 Å². The fourth-order valence-electron chi connectivity index (χ4n) is 2.07. The van der Waals surface area contributed by atoms with E-state index in [1.54, 1.807) is 0 Å². The average Bonchev–Trinajstić information content (AvgIpc) is 2.93. The molecule has 0 bridgehead atoms. The second-order valence-electron chi connectivity index (χ2n) is 4.98. The fraction of sp³-hybridized carbons (Fsp3) is 0.583. The van der Waals surface area contributed by atoms with Gasteiger partial charge in [-0.25, -0.2) is 8.42 Å². The van der Waals surface area contributed by atoms with Crippen LogP contribution < -0.4 is 0 Å². The lowest BCUT2D eigenvalue weighted by molar-refractivity contribution is -0.141. The number of carbonyl (C=O) groups is 1. The maximum absolute atomic E-state index is 12.2. The van der Waals surface area contributed by atoms with E-state index in [1.165, 1.54) is 18.4 Å². The van der Waals surface area contributed by atoms with E-state index >= 15 is 0 Å². The Bertz CT molecular complexity index is 572. The van der Waals surface area contributed by atoms with Gasteiger partial charge in [-0.3, -0.25) is 4.79 Å². The van der Waals surface area contributed by atoms with Crippen molar-refractivity contribution in [1.29, 1.82) is 0 Å². The molecule has 1 aliphatic rings. The summed E-state index contributed by atoms with van der Waals surface area (Å²) >= 11 is 4.76. The molecule has 19 heavy (non-hydrogen) atoms. The van der Waals surface area contributed by atoms with Crippen LogP contribution in [-0.4, -0.2) is 27.2 Å². The van der Waals surface area contributed by atoms with Crippen molar-refractivity contribution in [3.63, 3.8) is 0 Å². The molecule has 1 heterocycles. The molecule has 0 radical (unpaired) electrons. The highest BCUT2D eigenvalue weighted by Crippen LogP contribution is 2.50. The van der Waals surface area contributed by atoms with Crippen molar-refractivity contribution < 1.29 is 17.9 Å². The minimum Gasteiger partial charge on any atom is -0.469 e. The Hall–Kier alpha value is -0.400. The minimum atomic E-state index is -3.20. The van der Waals surface area contributed by atoms with Gasteiger partial charge in [-0.2, -0.15) is 0 Å². The van der Waals surface area contributed by atoms with Gasteiger partial charge in [-0.15, -0.1) is 11.3 Å². The Kier molecular flexibility index (Phi) is 4.37. The molecule has 1 aromatic heterocycles. The molecule has 0 atom stereocenters. The summed E-state index contributed by atoms with van der Waals surface area (Å²) in [7, 11) is -1.87. The molecule has 1 aliphatic carbocycles. The Morgan fingerprint density at radius 2 is 2.21 bits per heavy atom. The third kappa shape index (κ3) is 4.03. The van der Waals surface area contributed by atoms with Crippen molar-refractivity contribution in [2.24, 2.45) is 5.41 Å². The maximum Gasteiger partial charge on any atom is 0.306 e. The smallest absolute Gasteiger partial charge is 0.306 e. The topological polar surface area (TPSA) is 60.4 Å². The van der Waals surface area contributed by atoms with E-state index in [2.05, 4.69) is 20.7 Å². The van der Waals surface area contributed by atoms with Crippen LogP contribution in [0.4, 0.5) is 0 Å². The minimum absolute atomic E-state index is 0.0359. The van der Waals surface area contributed by atoms with Gasteiger partial charge in [0.15, 0.2) is 9.84 Å². The van der Waals surface area contributed by atoms with Crippen LogP contribution in [0.25, 0.3) is 0 Å². The Labute approximate surface area is 125 Å². The van der Waals surface area contributed by atoms with Crippen LogP contribution in [0, 0.1) is 5.41 Å². The standard InChI is InChI=1S/C12H15BrO4S2/c1-17-11(14)6-12(3-4-12)8-19(15,16)7-10-9(13)2-5-18-10/h2,5H,3-4,6-8H2,1H3. The normalized spacial score (nSPS) is 17.2. The van der Waals surface area contributed by atoms with E-state index in [-0.39, 0.29) is 29.3 Å². The molecule has 2 rings (SSSR count). The molecule has 0 aromatic carbocycles. The van der Waals surface area contributed by atoms with Gasteiger partial charge < -0.3 is 4.74 Å². The number of ether oxygens (including phenoxy) is 1. The van der Waals surface area contributed by atoms with Crippen LogP contribution in [0.5, 0.6) is 0 Å². The average molecular weight is 367 g/mol. The van der Waals surface area contributed by atoms with E-state index in [4.69, 9.17) is 0 Å². The van der Waals surface area contributed by atoms with Gasteiger partial charge in [0.2, 0.25) is 0 Å². The van der Waals surface area contributed by atoms with Gasteiger partial charge >= 0.3 is 5.97 Å². The number of hydrogen-bond donors (Lipinski definition) is 0. The van der Waals surface area contributed by atoms with Crippen molar-refractivity contribution in [2.75, 3.05) is 12.9 Å². The number of esters is 1. The van der Waals surface area contributed by atoms with E-state index in [1.807, 2.05) is 11.4 Å². The van der Waals surface area contributed by atoms with Gasteiger partial charge in [-0.05, 0) is 45.6 Å². The predicted molar refractivity (Wildman–Crippen MR) is 77.8 cm³/mol. The summed E-state index contributed by atoms with van der Waals surface area (Å²) in [6.07, 6.45) is 1.77. The van der Waals surface area contributed by atoms with Crippen LogP contribution in [0.2, 0.25) is 0 Å². The first-order valence-corrected chi connectivity index (χ1v) is 9.34. The monoisotopic (exact) mass is 366 g/mol. The Balaban J connectivity index is 2.02. The molecule has 1 saturated carbocycles. The first-order valence-electron chi connectivity index (χ1n) is 5.85. The zero-order valence-electron chi connectivity index (χ0n) is 10.5. The highest BCUT2D eigenvalue weighted by atomic mass is 79.9. The third-order valence-electron chi connectivity index (χ3n) is 3.27. The number of carbonyl (C=O) groups excluding carboxylic acids is 1. The summed E-state index contributed by atoms with van der Waals surface area (Å²) in [6.45, 7) is 0. The summed E-state index contributed by atoms with van der Waals surface area (Å²) < 4.78 is 29.9. The summed E-state index contributed by atoms with van der Waals surface area (Å²) in [5, 5.41) is 1.86. The molecular weight excluding hydrogens is 352 g/mol. The number of methoxy groups -OCH3 is 1. The molecule has 0 unspecified atom stereocenters. The van der Waals surface area contributed by atoms with Gasteiger partial charge in [-0.1, -0.05) is 0 Å². The van der Waals surface area contributed by atoms with E-state index in [0.29, 0.717) is 0 Å². The number of thiophene rings is 1. The molecule has 0 saturated heterocycles. The van der Waals surface area contributed by atoms with Gasteiger partial charge in [0.25, 0.3) is 0 Å². The Morgan fingerprint density at radius 1 is 1.53 bits per heavy atom. The van der Waals surface area contributed by atoms with Crippen LogP contribution in [0.1, 0.15) is 24.1 Å². The largest absolute Gasteiger partial charge is 0.469 e. The lowest BCUT2D eigenvalue weighted by Gasteiger charge is -2.13. The second kappa shape index (κ2) is 5.54. The Morgan fingerprint density at radius 3 is 2.68 bits per heavy atom. The zero-order chi connectivity index (χ0) is 14.1. The van der Waals surface area contributed by atoms with Crippen LogP contribution in [0.3, 0.4) is 0 Å². The first-order chi connectivity index (χ1) is 8.86. The number of halogens is 1. The van der Waals surface area contributed by atoms with Crippen LogP contribution >= 0.6 is 27.3 Å². The molecule has 7 heteroatoms. The van der Waals surface area contributed by atoms with Crippen molar-refractivity contribution in [3.8, 4) is 0 Å². The molecule has 1 fully saturated rings. The van der Waals surface area contributed by atoms with Crippen molar-refractivity contribution in [3.05, 3.63) is 20.8 Å². The molecule has 1 aromatic rings.